The monoisotopic (exact) mass is 390 g/mol. The quantitative estimate of drug-likeness (QED) is 0.365. The maximum absolute atomic E-state index is 6.01. The number of thiazole rings is 1. The summed E-state index contributed by atoms with van der Waals surface area (Å²) in [7, 11) is 0. The molecule has 0 aliphatic heterocycles. The lowest BCUT2D eigenvalue weighted by Crippen LogP contribution is -2.21. The minimum absolute atomic E-state index is 0.740. The second-order valence-electron chi connectivity index (χ2n) is 6.35. The summed E-state index contributed by atoms with van der Waals surface area (Å²) in [5.74, 6) is 0. The first-order valence-electron chi connectivity index (χ1n) is 8.82. The Bertz CT molecular complexity index is 940. The van der Waals surface area contributed by atoms with E-state index >= 15 is 0 Å². The van der Waals surface area contributed by atoms with Gasteiger partial charge in [0.1, 0.15) is 0 Å². The molecule has 1 aromatic heterocycles. The van der Waals surface area contributed by atoms with Crippen molar-refractivity contribution in [3.8, 4) is 11.3 Å². The fourth-order valence-corrected chi connectivity index (χ4v) is 3.92. The minimum atomic E-state index is 0.740. The highest BCUT2D eigenvalue weighted by molar-refractivity contribution is 7.14. The van der Waals surface area contributed by atoms with Crippen LogP contribution < -0.4 is 4.90 Å². The number of benzene rings is 3. The van der Waals surface area contributed by atoms with Crippen molar-refractivity contribution >= 4 is 28.1 Å². The smallest absolute Gasteiger partial charge is 0.186 e. The van der Waals surface area contributed by atoms with Gasteiger partial charge < -0.3 is 4.90 Å². The Morgan fingerprint density at radius 2 is 1.30 bits per heavy atom. The summed E-state index contributed by atoms with van der Waals surface area (Å²) in [5.41, 5.74) is 4.62. The summed E-state index contributed by atoms with van der Waals surface area (Å²) in [5, 5.41) is 3.87. The van der Waals surface area contributed by atoms with Crippen molar-refractivity contribution < 1.29 is 0 Å². The molecular formula is C23H19ClN2S. The van der Waals surface area contributed by atoms with Crippen LogP contribution in [0.3, 0.4) is 0 Å². The molecule has 3 aromatic carbocycles. The molecule has 1 heterocycles. The number of anilines is 1. The van der Waals surface area contributed by atoms with E-state index in [0.717, 1.165) is 34.5 Å². The zero-order valence-corrected chi connectivity index (χ0v) is 16.3. The van der Waals surface area contributed by atoms with E-state index in [0.29, 0.717) is 0 Å². The van der Waals surface area contributed by atoms with E-state index in [1.54, 1.807) is 11.3 Å². The van der Waals surface area contributed by atoms with Crippen molar-refractivity contribution in [2.24, 2.45) is 0 Å². The first-order valence-corrected chi connectivity index (χ1v) is 10.1. The first kappa shape index (κ1) is 17.8. The SMILES string of the molecule is Clc1ccc(-c2csc(N(Cc3ccccc3)Cc3ccccc3)n2)cc1. The molecule has 0 unspecified atom stereocenters. The Labute approximate surface area is 168 Å². The standard InChI is InChI=1S/C23H19ClN2S/c24-21-13-11-20(12-14-21)22-17-27-23(25-22)26(15-18-7-3-1-4-8-18)16-19-9-5-2-6-10-19/h1-14,17H,15-16H2. The van der Waals surface area contributed by atoms with E-state index in [1.807, 2.05) is 36.4 Å². The maximum Gasteiger partial charge on any atom is 0.186 e. The molecule has 0 N–H and O–H groups in total. The van der Waals surface area contributed by atoms with Gasteiger partial charge in [0.05, 0.1) is 5.69 Å². The summed E-state index contributed by atoms with van der Waals surface area (Å²) in [6.07, 6.45) is 0. The fraction of sp³-hybridized carbons (Fsp3) is 0.0870. The van der Waals surface area contributed by atoms with Gasteiger partial charge in [-0.15, -0.1) is 11.3 Å². The number of aromatic nitrogens is 1. The Morgan fingerprint density at radius 3 is 1.85 bits per heavy atom. The summed E-state index contributed by atoms with van der Waals surface area (Å²) in [4.78, 5) is 7.23. The van der Waals surface area contributed by atoms with Gasteiger partial charge in [-0.25, -0.2) is 4.98 Å². The van der Waals surface area contributed by atoms with Crippen LogP contribution in [-0.4, -0.2) is 4.98 Å². The molecule has 0 saturated heterocycles. The largest absolute Gasteiger partial charge is 0.339 e. The van der Waals surface area contributed by atoms with Gasteiger partial charge in [-0.3, -0.25) is 0 Å². The average Bonchev–Trinajstić information content (AvgIpc) is 3.20. The Kier molecular flexibility index (Phi) is 5.52. The van der Waals surface area contributed by atoms with Crippen molar-refractivity contribution in [3.63, 3.8) is 0 Å². The Balaban J connectivity index is 1.62. The van der Waals surface area contributed by atoms with Gasteiger partial charge in [-0.05, 0) is 23.3 Å². The summed E-state index contributed by atoms with van der Waals surface area (Å²) in [6.45, 7) is 1.65. The average molecular weight is 391 g/mol. The van der Waals surface area contributed by atoms with E-state index in [9.17, 15) is 0 Å². The molecule has 0 fully saturated rings. The highest BCUT2D eigenvalue weighted by atomic mass is 35.5. The van der Waals surface area contributed by atoms with Gasteiger partial charge in [0.2, 0.25) is 0 Å². The molecule has 2 nitrogen and oxygen atoms in total. The number of rotatable bonds is 6. The number of hydrogen-bond acceptors (Lipinski definition) is 3. The van der Waals surface area contributed by atoms with Crippen LogP contribution in [0.2, 0.25) is 5.02 Å². The summed E-state index contributed by atoms with van der Waals surface area (Å²) < 4.78 is 0. The molecule has 0 aliphatic carbocycles. The van der Waals surface area contributed by atoms with Crippen molar-refractivity contribution in [2.45, 2.75) is 13.1 Å². The summed E-state index contributed by atoms with van der Waals surface area (Å²) in [6, 6.07) is 28.9. The van der Waals surface area contributed by atoms with Crippen LogP contribution >= 0.6 is 22.9 Å². The van der Waals surface area contributed by atoms with Crippen LogP contribution in [0.4, 0.5) is 5.13 Å². The van der Waals surface area contributed by atoms with Crippen LogP contribution in [0.5, 0.6) is 0 Å². The molecule has 27 heavy (non-hydrogen) atoms. The van der Waals surface area contributed by atoms with Crippen molar-refractivity contribution in [1.29, 1.82) is 0 Å². The van der Waals surface area contributed by atoms with E-state index < -0.39 is 0 Å². The maximum atomic E-state index is 6.01. The van der Waals surface area contributed by atoms with E-state index in [2.05, 4.69) is 58.8 Å². The van der Waals surface area contributed by atoms with Gasteiger partial charge in [-0.1, -0.05) is 84.4 Å². The second kappa shape index (κ2) is 8.38. The molecule has 0 bridgehead atoms. The zero-order valence-electron chi connectivity index (χ0n) is 14.8. The highest BCUT2D eigenvalue weighted by Crippen LogP contribution is 2.30. The molecule has 134 valence electrons. The van der Waals surface area contributed by atoms with Gasteiger partial charge in [0, 0.05) is 29.1 Å². The molecule has 0 amide bonds. The normalized spacial score (nSPS) is 10.7. The van der Waals surface area contributed by atoms with E-state index in [1.165, 1.54) is 11.1 Å². The lowest BCUT2D eigenvalue weighted by atomic mass is 10.2. The number of halogens is 1. The van der Waals surface area contributed by atoms with Crippen LogP contribution in [0.25, 0.3) is 11.3 Å². The fourth-order valence-electron chi connectivity index (χ4n) is 2.96. The summed E-state index contributed by atoms with van der Waals surface area (Å²) >= 11 is 7.69. The van der Waals surface area contributed by atoms with Gasteiger partial charge in [0.25, 0.3) is 0 Å². The number of nitrogens with zero attached hydrogens (tertiary/aromatic N) is 2. The molecule has 4 rings (SSSR count). The Morgan fingerprint density at radius 1 is 0.741 bits per heavy atom. The molecule has 0 aliphatic rings. The first-order chi connectivity index (χ1) is 13.3. The molecule has 4 aromatic rings. The third-order valence-corrected chi connectivity index (χ3v) is 5.49. The molecule has 0 spiro atoms. The van der Waals surface area contributed by atoms with Crippen LogP contribution in [-0.2, 0) is 13.1 Å². The highest BCUT2D eigenvalue weighted by Gasteiger charge is 2.13. The zero-order chi connectivity index (χ0) is 18.5. The van der Waals surface area contributed by atoms with Crippen molar-refractivity contribution in [2.75, 3.05) is 4.90 Å². The third-order valence-electron chi connectivity index (χ3n) is 4.34. The predicted octanol–water partition coefficient (Wildman–Crippen LogP) is 6.67. The lowest BCUT2D eigenvalue weighted by molar-refractivity contribution is 0.795. The predicted molar refractivity (Wildman–Crippen MR) is 115 cm³/mol. The second-order valence-corrected chi connectivity index (χ2v) is 7.62. The lowest BCUT2D eigenvalue weighted by Gasteiger charge is -2.22. The molecule has 0 saturated carbocycles. The van der Waals surface area contributed by atoms with Gasteiger partial charge in [0.15, 0.2) is 5.13 Å². The van der Waals surface area contributed by atoms with Crippen LogP contribution in [0.1, 0.15) is 11.1 Å². The molecule has 0 radical (unpaired) electrons. The molecule has 4 heteroatoms. The topological polar surface area (TPSA) is 16.1 Å². The van der Waals surface area contributed by atoms with Gasteiger partial charge in [-0.2, -0.15) is 0 Å². The van der Waals surface area contributed by atoms with E-state index in [-0.39, 0.29) is 0 Å². The van der Waals surface area contributed by atoms with Crippen molar-refractivity contribution in [1.82, 2.24) is 4.98 Å². The molecular weight excluding hydrogens is 372 g/mol. The Hall–Kier alpha value is -2.62. The minimum Gasteiger partial charge on any atom is -0.339 e. The third kappa shape index (κ3) is 4.57. The molecule has 0 atom stereocenters. The van der Waals surface area contributed by atoms with Crippen molar-refractivity contribution in [3.05, 3.63) is 106 Å². The van der Waals surface area contributed by atoms with Crippen LogP contribution in [0.15, 0.2) is 90.3 Å². The van der Waals surface area contributed by atoms with Gasteiger partial charge >= 0.3 is 0 Å². The van der Waals surface area contributed by atoms with Crippen LogP contribution in [0, 0.1) is 0 Å². The number of hydrogen-bond donors (Lipinski definition) is 0. The van der Waals surface area contributed by atoms with E-state index in [4.69, 9.17) is 16.6 Å².